The predicted molar refractivity (Wildman–Crippen MR) is 168 cm³/mol. The number of halogens is 1. The van der Waals surface area contributed by atoms with Gasteiger partial charge in [0.25, 0.3) is 0 Å². The molecule has 3 aromatic rings. The number of phenolic OH excluding ortho intramolecular Hbond substituents is 3. The highest BCUT2D eigenvalue weighted by Gasteiger charge is 2.41. The molecule has 3 N–H and O–H groups in total. The first kappa shape index (κ1) is 30.3. The fraction of sp³-hybridized carbons (Fsp3) is 0.471. The van der Waals surface area contributed by atoms with Crippen LogP contribution < -0.4 is 0 Å². The minimum atomic E-state index is -0.862. The minimum Gasteiger partial charge on any atom is -0.508 e. The third-order valence-electron chi connectivity index (χ3n) is 7.78. The van der Waals surface area contributed by atoms with Crippen LogP contribution in [0.5, 0.6) is 17.2 Å². The molecule has 3 aromatic carbocycles. The van der Waals surface area contributed by atoms with E-state index in [1.54, 1.807) is 18.2 Å². The van der Waals surface area contributed by atoms with Crippen molar-refractivity contribution in [3.8, 4) is 17.2 Å². The average Bonchev–Trinajstić information content (AvgIpc) is 2.93. The van der Waals surface area contributed by atoms with Crippen molar-refractivity contribution in [1.29, 1.82) is 0 Å². The first-order valence-corrected chi connectivity index (χ1v) is 16.0. The van der Waals surface area contributed by atoms with Gasteiger partial charge in [-0.2, -0.15) is 0 Å². The topological polar surface area (TPSA) is 60.7 Å². The zero-order chi connectivity index (χ0) is 27.1. The molecule has 3 rings (SSSR count). The maximum absolute atomic E-state index is 11.0. The molecule has 0 fully saturated rings. The first-order chi connectivity index (χ1) is 18.6. The predicted octanol–water partition coefficient (Wildman–Crippen LogP) is 10.0. The van der Waals surface area contributed by atoms with E-state index < -0.39 is 5.41 Å². The van der Waals surface area contributed by atoms with Crippen molar-refractivity contribution in [2.45, 2.75) is 95.3 Å². The number of para-hydroxylation sites is 3. The van der Waals surface area contributed by atoms with Crippen LogP contribution in [-0.2, 0) is 5.41 Å². The number of hydrogen-bond donors (Lipinski definition) is 3. The van der Waals surface area contributed by atoms with Crippen LogP contribution in [0.25, 0.3) is 0 Å². The lowest BCUT2D eigenvalue weighted by Gasteiger charge is -2.37. The number of benzene rings is 3. The Morgan fingerprint density at radius 3 is 1.03 bits per heavy atom. The summed E-state index contributed by atoms with van der Waals surface area (Å²) in [5.41, 5.74) is 1.26. The number of rotatable bonds is 18. The summed E-state index contributed by atoms with van der Waals surface area (Å²) in [4.78, 5) is 0. The van der Waals surface area contributed by atoms with Gasteiger partial charge < -0.3 is 15.3 Å². The zero-order valence-corrected chi connectivity index (χ0v) is 24.9. The van der Waals surface area contributed by atoms with Gasteiger partial charge in [-0.3, -0.25) is 0 Å². The Labute approximate surface area is 243 Å². The van der Waals surface area contributed by atoms with E-state index in [-0.39, 0.29) is 17.2 Å². The highest BCUT2D eigenvalue weighted by Crippen LogP contribution is 2.51. The van der Waals surface area contributed by atoms with Crippen LogP contribution >= 0.6 is 22.6 Å². The number of aromatic hydroxyl groups is 3. The Morgan fingerprint density at radius 2 is 0.711 bits per heavy atom. The lowest BCUT2D eigenvalue weighted by Crippen LogP contribution is -2.30. The summed E-state index contributed by atoms with van der Waals surface area (Å²) in [5.74, 6) is 0.511. The zero-order valence-electron chi connectivity index (χ0n) is 22.8. The quantitative estimate of drug-likeness (QED) is 0.0569. The Balaban J connectivity index is 1.63. The van der Waals surface area contributed by atoms with E-state index >= 15 is 0 Å². The smallest absolute Gasteiger partial charge is 0.120 e. The van der Waals surface area contributed by atoms with Gasteiger partial charge in [-0.15, -0.1) is 0 Å². The molecule has 0 aliphatic carbocycles. The van der Waals surface area contributed by atoms with E-state index in [1.165, 1.54) is 75.1 Å². The summed E-state index contributed by atoms with van der Waals surface area (Å²) in [6, 6.07) is 22.0. The number of unbranched alkanes of at least 4 members (excludes halogenated alkanes) is 12. The molecule has 3 nitrogen and oxygen atoms in total. The van der Waals surface area contributed by atoms with E-state index in [1.807, 2.05) is 54.6 Å². The second-order valence-electron chi connectivity index (χ2n) is 10.5. The van der Waals surface area contributed by atoms with Gasteiger partial charge in [-0.1, -0.05) is 154 Å². The molecule has 0 spiro atoms. The van der Waals surface area contributed by atoms with Gasteiger partial charge in [0.15, 0.2) is 0 Å². The highest BCUT2D eigenvalue weighted by molar-refractivity contribution is 14.1. The first-order valence-electron chi connectivity index (χ1n) is 14.5. The molecule has 206 valence electrons. The van der Waals surface area contributed by atoms with Gasteiger partial charge in [0, 0.05) is 16.7 Å². The minimum absolute atomic E-state index is 0.170. The molecule has 0 saturated carbocycles. The normalized spacial score (nSPS) is 11.6. The van der Waals surface area contributed by atoms with Gasteiger partial charge in [-0.25, -0.2) is 0 Å². The van der Waals surface area contributed by atoms with Gasteiger partial charge in [0.2, 0.25) is 0 Å². The standard InChI is InChI=1S/C34H45IO3/c35-27-19-11-9-7-5-3-1-2-4-6-8-10-18-26-34(28-20-12-15-23-31(28)36,29-21-13-16-24-32(29)37)30-22-14-17-25-33(30)38/h12-17,20-25,36-38H,1-11,18-19,26-27H2. The average molecular weight is 629 g/mol. The number of hydrogen-bond acceptors (Lipinski definition) is 3. The molecule has 0 radical (unpaired) electrons. The maximum Gasteiger partial charge on any atom is 0.120 e. The molecule has 0 atom stereocenters. The second-order valence-corrected chi connectivity index (χ2v) is 11.6. The molecule has 0 aliphatic rings. The van der Waals surface area contributed by atoms with E-state index in [2.05, 4.69) is 22.6 Å². The monoisotopic (exact) mass is 628 g/mol. The van der Waals surface area contributed by atoms with Crippen LogP contribution in [0, 0.1) is 0 Å². The van der Waals surface area contributed by atoms with Gasteiger partial charge >= 0.3 is 0 Å². The number of phenols is 3. The van der Waals surface area contributed by atoms with Crippen LogP contribution in [0.4, 0.5) is 0 Å². The second kappa shape index (κ2) is 16.7. The van der Waals surface area contributed by atoms with E-state index in [4.69, 9.17) is 0 Å². The Bertz CT molecular complexity index is 970. The third-order valence-corrected chi connectivity index (χ3v) is 8.54. The van der Waals surface area contributed by atoms with Crippen LogP contribution in [-0.4, -0.2) is 19.7 Å². The SMILES string of the molecule is Oc1ccccc1C(CCCCCCCCCCCCCCCI)(c1ccccc1O)c1ccccc1O. The summed E-state index contributed by atoms with van der Waals surface area (Å²) in [5, 5.41) is 33.0. The molecule has 38 heavy (non-hydrogen) atoms. The molecule has 0 aliphatic heterocycles. The largest absolute Gasteiger partial charge is 0.508 e. The van der Waals surface area contributed by atoms with Gasteiger partial charge in [0.1, 0.15) is 17.2 Å². The van der Waals surface area contributed by atoms with Crippen molar-refractivity contribution in [2.24, 2.45) is 0 Å². The Hall–Kier alpha value is -2.21. The lowest BCUT2D eigenvalue weighted by atomic mass is 9.65. The summed E-state index contributed by atoms with van der Waals surface area (Å²) in [6.07, 6.45) is 17.4. The Morgan fingerprint density at radius 1 is 0.421 bits per heavy atom. The molecule has 0 bridgehead atoms. The van der Waals surface area contributed by atoms with Crippen LogP contribution in [0.15, 0.2) is 72.8 Å². The van der Waals surface area contributed by atoms with Crippen LogP contribution in [0.2, 0.25) is 0 Å². The molecule has 0 aromatic heterocycles. The Kier molecular flexibility index (Phi) is 13.3. The van der Waals surface area contributed by atoms with Crippen molar-refractivity contribution < 1.29 is 15.3 Å². The van der Waals surface area contributed by atoms with Crippen molar-refractivity contribution in [2.75, 3.05) is 4.43 Å². The van der Waals surface area contributed by atoms with Crippen LogP contribution in [0.3, 0.4) is 0 Å². The summed E-state index contributed by atoms with van der Waals surface area (Å²) >= 11 is 2.47. The fourth-order valence-electron chi connectivity index (χ4n) is 5.77. The van der Waals surface area contributed by atoms with Gasteiger partial charge in [-0.05, 0) is 35.5 Å². The molecular formula is C34H45IO3. The number of alkyl halides is 1. The van der Waals surface area contributed by atoms with Crippen molar-refractivity contribution >= 4 is 22.6 Å². The van der Waals surface area contributed by atoms with Crippen LogP contribution in [0.1, 0.15) is 107 Å². The van der Waals surface area contributed by atoms with E-state index in [0.717, 1.165) is 12.8 Å². The molecule has 4 heteroatoms. The molecule has 0 saturated heterocycles. The van der Waals surface area contributed by atoms with Gasteiger partial charge in [0.05, 0.1) is 5.41 Å². The molecular weight excluding hydrogens is 583 g/mol. The van der Waals surface area contributed by atoms with Crippen molar-refractivity contribution in [1.82, 2.24) is 0 Å². The summed E-state index contributed by atoms with van der Waals surface area (Å²) < 4.78 is 1.29. The summed E-state index contributed by atoms with van der Waals surface area (Å²) in [7, 11) is 0. The fourth-order valence-corrected chi connectivity index (χ4v) is 6.31. The summed E-state index contributed by atoms with van der Waals surface area (Å²) in [6.45, 7) is 0. The molecule has 0 amide bonds. The highest BCUT2D eigenvalue weighted by atomic mass is 127. The third kappa shape index (κ3) is 8.39. The lowest BCUT2D eigenvalue weighted by molar-refractivity contribution is 0.401. The van der Waals surface area contributed by atoms with Crippen molar-refractivity contribution in [3.05, 3.63) is 89.5 Å². The van der Waals surface area contributed by atoms with E-state index in [0.29, 0.717) is 23.1 Å². The maximum atomic E-state index is 11.0. The van der Waals surface area contributed by atoms with E-state index in [9.17, 15) is 15.3 Å². The molecule has 0 heterocycles. The molecule has 0 unspecified atom stereocenters. The van der Waals surface area contributed by atoms with Crippen molar-refractivity contribution in [3.63, 3.8) is 0 Å².